The highest BCUT2D eigenvalue weighted by Gasteiger charge is 2.21. The van der Waals surface area contributed by atoms with Gasteiger partial charge < -0.3 is 9.32 Å². The van der Waals surface area contributed by atoms with Crippen LogP contribution in [0, 0.1) is 5.92 Å². The maximum atomic E-state index is 12.6. The lowest BCUT2D eigenvalue weighted by Crippen LogP contribution is -2.27. The molecule has 0 spiro atoms. The van der Waals surface area contributed by atoms with E-state index >= 15 is 0 Å². The molecule has 1 unspecified atom stereocenters. The smallest absolute Gasteiger partial charge is 0.277 e. The third-order valence-corrected chi connectivity index (χ3v) is 8.45. The average molecular weight is 471 g/mol. The quantitative estimate of drug-likeness (QED) is 0.357. The minimum Gasteiger partial charge on any atom is -0.410 e. The first-order valence-electron chi connectivity index (χ1n) is 10.2. The molecule has 160 valence electrons. The number of carbonyl (C=O) groups is 1. The number of fused-ring (bicyclic) bond motifs is 2. The zero-order valence-electron chi connectivity index (χ0n) is 17.3. The maximum Gasteiger partial charge on any atom is 0.277 e. The molecule has 4 aromatic rings. The molecule has 0 aliphatic heterocycles. The first kappa shape index (κ1) is 20.7. The van der Waals surface area contributed by atoms with Gasteiger partial charge in [0, 0.05) is 11.9 Å². The summed E-state index contributed by atoms with van der Waals surface area (Å²) < 4.78 is 6.97. The van der Waals surface area contributed by atoms with E-state index < -0.39 is 0 Å². The molecule has 1 atom stereocenters. The van der Waals surface area contributed by atoms with Gasteiger partial charge in [0.25, 0.3) is 11.1 Å². The molecule has 9 heteroatoms. The van der Waals surface area contributed by atoms with Crippen molar-refractivity contribution in [2.24, 2.45) is 5.92 Å². The van der Waals surface area contributed by atoms with Gasteiger partial charge in [-0.2, -0.15) is 0 Å². The minimum absolute atomic E-state index is 0.00424. The molecule has 1 aliphatic rings. The Kier molecular flexibility index (Phi) is 5.81. The number of aryl methyl sites for hydroxylation is 1. The van der Waals surface area contributed by atoms with Gasteiger partial charge in [-0.25, -0.2) is 4.98 Å². The number of thiazole rings is 1. The number of thioether (sulfide) groups is 1. The van der Waals surface area contributed by atoms with Crippen LogP contribution in [0.25, 0.3) is 21.0 Å². The molecular formula is C22H22N4O2S3. The van der Waals surface area contributed by atoms with E-state index in [0.29, 0.717) is 17.7 Å². The lowest BCUT2D eigenvalue weighted by molar-refractivity contribution is -0.127. The predicted molar refractivity (Wildman–Crippen MR) is 126 cm³/mol. The molecule has 0 fully saturated rings. The Morgan fingerprint density at radius 1 is 1.29 bits per heavy atom. The summed E-state index contributed by atoms with van der Waals surface area (Å²) in [6.07, 6.45) is 3.49. The molecule has 3 aromatic heterocycles. The zero-order chi connectivity index (χ0) is 21.4. The summed E-state index contributed by atoms with van der Waals surface area (Å²) in [4.78, 5) is 21.3. The van der Waals surface area contributed by atoms with E-state index in [-0.39, 0.29) is 11.7 Å². The highest BCUT2D eigenvalue weighted by Crippen LogP contribution is 2.37. The topological polar surface area (TPSA) is 72.1 Å². The lowest BCUT2D eigenvalue weighted by atomic mass is 9.90. The van der Waals surface area contributed by atoms with Crippen molar-refractivity contribution >= 4 is 50.6 Å². The van der Waals surface area contributed by atoms with Gasteiger partial charge in [0.1, 0.15) is 5.01 Å². The highest BCUT2D eigenvalue weighted by atomic mass is 32.2. The van der Waals surface area contributed by atoms with Gasteiger partial charge in [-0.15, -0.1) is 32.9 Å². The third-order valence-electron chi connectivity index (χ3n) is 5.40. The number of carbonyl (C=O) groups excluding carboxylic acids is 1. The van der Waals surface area contributed by atoms with E-state index in [9.17, 15) is 4.79 Å². The number of thiophene rings is 1. The van der Waals surface area contributed by atoms with Crippen LogP contribution in [-0.4, -0.2) is 38.8 Å². The zero-order valence-corrected chi connectivity index (χ0v) is 19.8. The van der Waals surface area contributed by atoms with Crippen LogP contribution >= 0.6 is 34.4 Å². The summed E-state index contributed by atoms with van der Waals surface area (Å²) in [6, 6.07) is 10.2. The Morgan fingerprint density at radius 3 is 3.03 bits per heavy atom. The van der Waals surface area contributed by atoms with Gasteiger partial charge in [0.15, 0.2) is 0 Å². The van der Waals surface area contributed by atoms with Crippen LogP contribution in [0.5, 0.6) is 0 Å². The molecular weight excluding hydrogens is 448 g/mol. The van der Waals surface area contributed by atoms with E-state index in [4.69, 9.17) is 4.42 Å². The van der Waals surface area contributed by atoms with Gasteiger partial charge in [-0.05, 0) is 48.9 Å². The molecule has 0 N–H and O–H groups in total. The number of nitrogens with zero attached hydrogens (tertiary/aromatic N) is 4. The number of benzene rings is 1. The Balaban J connectivity index is 1.18. The molecule has 0 saturated carbocycles. The van der Waals surface area contributed by atoms with Crippen molar-refractivity contribution in [3.05, 3.63) is 45.8 Å². The van der Waals surface area contributed by atoms with Crippen LogP contribution in [0.2, 0.25) is 0 Å². The third kappa shape index (κ3) is 4.53. The Labute approximate surface area is 192 Å². The molecule has 1 aromatic carbocycles. The van der Waals surface area contributed by atoms with Crippen LogP contribution < -0.4 is 0 Å². The fraction of sp³-hybridized carbons (Fsp3) is 0.364. The maximum absolute atomic E-state index is 12.6. The van der Waals surface area contributed by atoms with Crippen LogP contribution in [0.1, 0.15) is 28.8 Å². The molecule has 0 saturated heterocycles. The standard InChI is InChI=1S/C22H22N4O2S3/c1-13-7-8-16-14(9-13)10-18(30-16)21-24-25-22(28-21)29-12-20(27)26(2)11-19-23-15-5-3-4-6-17(15)31-19/h3-6,10,13H,7-9,11-12H2,1-2H3. The number of amides is 1. The largest absolute Gasteiger partial charge is 0.410 e. The van der Waals surface area contributed by atoms with Gasteiger partial charge in [0.05, 0.1) is 27.4 Å². The van der Waals surface area contributed by atoms with Crippen LogP contribution in [0.3, 0.4) is 0 Å². The molecule has 5 rings (SSSR count). The first-order chi connectivity index (χ1) is 15.0. The van der Waals surface area contributed by atoms with E-state index in [1.165, 1.54) is 28.6 Å². The second-order valence-corrected chi connectivity index (χ2v) is 11.1. The molecule has 0 radical (unpaired) electrons. The second-order valence-electron chi connectivity index (χ2n) is 7.89. The molecule has 31 heavy (non-hydrogen) atoms. The predicted octanol–water partition coefficient (Wildman–Crippen LogP) is 5.28. The fourth-order valence-electron chi connectivity index (χ4n) is 3.69. The minimum atomic E-state index is 0.00424. The summed E-state index contributed by atoms with van der Waals surface area (Å²) in [5.74, 6) is 1.53. The van der Waals surface area contributed by atoms with E-state index in [2.05, 4.69) is 28.2 Å². The van der Waals surface area contributed by atoms with Crippen molar-refractivity contribution < 1.29 is 9.21 Å². The number of hydrogen-bond donors (Lipinski definition) is 0. The van der Waals surface area contributed by atoms with Gasteiger partial charge >= 0.3 is 0 Å². The average Bonchev–Trinajstić information content (AvgIpc) is 3.48. The fourth-order valence-corrected chi connectivity index (χ4v) is 6.55. The SMILES string of the molecule is CC1CCc2sc(-c3nnc(SCC(=O)N(C)Cc4nc5ccccc5s4)o3)cc2C1. The monoisotopic (exact) mass is 470 g/mol. The summed E-state index contributed by atoms with van der Waals surface area (Å²) in [5, 5.41) is 9.69. The highest BCUT2D eigenvalue weighted by molar-refractivity contribution is 7.99. The van der Waals surface area contributed by atoms with Gasteiger partial charge in [-0.3, -0.25) is 4.79 Å². The lowest BCUT2D eigenvalue weighted by Gasteiger charge is -2.16. The Morgan fingerprint density at radius 2 is 2.16 bits per heavy atom. The molecule has 0 bridgehead atoms. The van der Waals surface area contributed by atoms with Gasteiger partial charge in [0.2, 0.25) is 5.91 Å². The molecule has 3 heterocycles. The van der Waals surface area contributed by atoms with Crippen LogP contribution in [0.15, 0.2) is 40.0 Å². The first-order valence-corrected chi connectivity index (χ1v) is 12.8. The normalized spacial score (nSPS) is 15.9. The molecule has 1 amide bonds. The van der Waals surface area contributed by atoms with E-state index in [1.54, 1.807) is 34.6 Å². The Bertz CT molecular complexity index is 1200. The second kappa shape index (κ2) is 8.72. The molecule has 6 nitrogen and oxygen atoms in total. The van der Waals surface area contributed by atoms with Crippen molar-refractivity contribution in [1.29, 1.82) is 0 Å². The summed E-state index contributed by atoms with van der Waals surface area (Å²) in [7, 11) is 1.80. The van der Waals surface area contributed by atoms with Crippen LogP contribution in [0.4, 0.5) is 0 Å². The van der Waals surface area contributed by atoms with Crippen molar-refractivity contribution in [2.75, 3.05) is 12.8 Å². The number of rotatable bonds is 6. The number of aromatic nitrogens is 3. The summed E-state index contributed by atoms with van der Waals surface area (Å²) >= 11 is 4.65. The van der Waals surface area contributed by atoms with Crippen LogP contribution in [-0.2, 0) is 24.2 Å². The van der Waals surface area contributed by atoms with Crippen molar-refractivity contribution in [2.45, 2.75) is 38.0 Å². The number of para-hydroxylation sites is 1. The molecule has 1 aliphatic carbocycles. The summed E-state index contributed by atoms with van der Waals surface area (Å²) in [5.41, 5.74) is 2.39. The number of hydrogen-bond acceptors (Lipinski definition) is 8. The van der Waals surface area contributed by atoms with E-state index in [1.807, 2.05) is 24.3 Å². The van der Waals surface area contributed by atoms with Gasteiger partial charge in [-0.1, -0.05) is 30.8 Å². The van der Waals surface area contributed by atoms with Crippen molar-refractivity contribution in [3.8, 4) is 10.8 Å². The van der Waals surface area contributed by atoms with Crippen molar-refractivity contribution in [3.63, 3.8) is 0 Å². The van der Waals surface area contributed by atoms with Crippen molar-refractivity contribution in [1.82, 2.24) is 20.1 Å². The Hall–Kier alpha value is -2.23. The van der Waals surface area contributed by atoms with E-state index in [0.717, 1.165) is 38.9 Å². The summed E-state index contributed by atoms with van der Waals surface area (Å²) in [6.45, 7) is 2.79.